The van der Waals surface area contributed by atoms with Gasteiger partial charge in [-0.25, -0.2) is 4.98 Å². The molecule has 0 bridgehead atoms. The highest BCUT2D eigenvalue weighted by Gasteiger charge is 2.31. The molecule has 3 heterocycles. The summed E-state index contributed by atoms with van der Waals surface area (Å²) >= 11 is 0. The molecule has 0 spiro atoms. The molecular weight excluding hydrogens is 394 g/mol. The zero-order valence-electron chi connectivity index (χ0n) is 16.2. The van der Waals surface area contributed by atoms with E-state index in [0.29, 0.717) is 24.0 Å². The molecule has 1 N–H and O–H groups in total. The van der Waals surface area contributed by atoms with Crippen molar-refractivity contribution < 1.29 is 9.59 Å². The first-order chi connectivity index (χ1) is 13.6. The number of hydrogen-bond donors (Lipinski definition) is 1. The van der Waals surface area contributed by atoms with Gasteiger partial charge in [-0.05, 0) is 25.0 Å². The number of likely N-dealkylation sites (tertiary alicyclic amines) is 1. The van der Waals surface area contributed by atoms with Crippen LogP contribution >= 0.6 is 12.4 Å². The van der Waals surface area contributed by atoms with Crippen molar-refractivity contribution in [1.82, 2.24) is 24.7 Å². The molecule has 0 saturated carbocycles. The minimum Gasteiger partial charge on any atom is -0.340 e. The number of amides is 2. The standard InChI is InChI=1S/C20H25N5O3.ClH/c26-18(13-25-14-22-17-6-2-1-5-16(17)20(25)28)24-9-3-4-15(12-24)19(27)23-10-7-21-8-11-23;/h1-2,5-6,14-15,21H,3-4,7-13H2;1H. The number of nitrogens with one attached hydrogen (secondary N) is 1. The van der Waals surface area contributed by atoms with Crippen LogP contribution in [0.4, 0.5) is 0 Å². The third-order valence-electron chi connectivity index (χ3n) is 5.59. The largest absolute Gasteiger partial charge is 0.340 e. The molecule has 1 unspecified atom stereocenters. The molecule has 0 aliphatic carbocycles. The second-order valence-electron chi connectivity index (χ2n) is 7.45. The fourth-order valence-electron chi connectivity index (χ4n) is 4.01. The van der Waals surface area contributed by atoms with Crippen molar-refractivity contribution in [2.75, 3.05) is 39.3 Å². The monoisotopic (exact) mass is 419 g/mol. The lowest BCUT2D eigenvalue weighted by molar-refractivity contribution is -0.141. The highest BCUT2D eigenvalue weighted by molar-refractivity contribution is 5.85. The number of para-hydroxylation sites is 1. The van der Waals surface area contributed by atoms with E-state index in [0.717, 1.165) is 39.0 Å². The number of carbonyl (C=O) groups is 2. The number of hydrogen-bond acceptors (Lipinski definition) is 5. The molecule has 4 rings (SSSR count). The van der Waals surface area contributed by atoms with E-state index in [4.69, 9.17) is 0 Å². The van der Waals surface area contributed by atoms with Crippen LogP contribution in [-0.2, 0) is 16.1 Å². The summed E-state index contributed by atoms with van der Waals surface area (Å²) in [4.78, 5) is 46.1. The number of rotatable bonds is 3. The van der Waals surface area contributed by atoms with Crippen molar-refractivity contribution in [3.63, 3.8) is 0 Å². The average Bonchev–Trinajstić information content (AvgIpc) is 2.76. The number of halogens is 1. The normalized spacial score (nSPS) is 19.7. The Morgan fingerprint density at radius 3 is 2.66 bits per heavy atom. The van der Waals surface area contributed by atoms with Crippen molar-refractivity contribution >= 4 is 35.1 Å². The number of carbonyl (C=O) groups excluding carboxylic acids is 2. The van der Waals surface area contributed by atoms with Crippen molar-refractivity contribution in [2.45, 2.75) is 19.4 Å². The SMILES string of the molecule is Cl.O=C(Cn1cnc2ccccc2c1=O)N1CCCC(C(=O)N2CCNCC2)C1. The van der Waals surface area contributed by atoms with Gasteiger partial charge >= 0.3 is 0 Å². The van der Waals surface area contributed by atoms with Crippen molar-refractivity contribution in [3.8, 4) is 0 Å². The second kappa shape index (κ2) is 9.37. The molecule has 2 aliphatic heterocycles. The number of aromatic nitrogens is 2. The highest BCUT2D eigenvalue weighted by atomic mass is 35.5. The maximum atomic E-state index is 12.8. The maximum Gasteiger partial charge on any atom is 0.261 e. The number of benzene rings is 1. The molecule has 156 valence electrons. The van der Waals surface area contributed by atoms with Gasteiger partial charge < -0.3 is 15.1 Å². The minimum absolute atomic E-state index is 0. The Labute approximate surface area is 175 Å². The van der Waals surface area contributed by atoms with Gasteiger partial charge in [0, 0.05) is 39.3 Å². The van der Waals surface area contributed by atoms with Gasteiger partial charge in [0.2, 0.25) is 11.8 Å². The minimum atomic E-state index is -0.218. The molecule has 2 amide bonds. The Bertz CT molecular complexity index is 941. The molecule has 1 atom stereocenters. The van der Waals surface area contributed by atoms with Gasteiger partial charge in [0.1, 0.15) is 6.54 Å². The van der Waals surface area contributed by atoms with Crippen LogP contribution in [0.3, 0.4) is 0 Å². The van der Waals surface area contributed by atoms with Gasteiger partial charge in [0.05, 0.1) is 23.1 Å². The quantitative estimate of drug-likeness (QED) is 0.782. The Kier molecular flexibility index (Phi) is 6.87. The van der Waals surface area contributed by atoms with Gasteiger partial charge in [-0.15, -0.1) is 12.4 Å². The number of piperidine rings is 1. The van der Waals surface area contributed by atoms with E-state index in [2.05, 4.69) is 10.3 Å². The third-order valence-corrected chi connectivity index (χ3v) is 5.59. The lowest BCUT2D eigenvalue weighted by Crippen LogP contribution is -2.52. The molecule has 2 aliphatic rings. The fraction of sp³-hybridized carbons (Fsp3) is 0.500. The van der Waals surface area contributed by atoms with Gasteiger partial charge in [0.15, 0.2) is 0 Å². The predicted octanol–water partition coefficient (Wildman–Crippen LogP) is 0.489. The smallest absolute Gasteiger partial charge is 0.261 e. The van der Waals surface area contributed by atoms with Crippen LogP contribution in [-0.4, -0.2) is 70.4 Å². The summed E-state index contributed by atoms with van der Waals surface area (Å²) in [7, 11) is 0. The van der Waals surface area contributed by atoms with Crippen LogP contribution < -0.4 is 10.9 Å². The van der Waals surface area contributed by atoms with E-state index in [9.17, 15) is 14.4 Å². The first kappa shape index (κ1) is 21.3. The average molecular weight is 420 g/mol. The zero-order chi connectivity index (χ0) is 19.5. The van der Waals surface area contributed by atoms with Crippen LogP contribution in [0.5, 0.6) is 0 Å². The van der Waals surface area contributed by atoms with Gasteiger partial charge in [-0.3, -0.25) is 19.0 Å². The van der Waals surface area contributed by atoms with Gasteiger partial charge in [0.25, 0.3) is 5.56 Å². The predicted molar refractivity (Wildman–Crippen MR) is 112 cm³/mol. The third kappa shape index (κ3) is 4.59. The topological polar surface area (TPSA) is 87.5 Å². The highest BCUT2D eigenvalue weighted by Crippen LogP contribution is 2.19. The fourth-order valence-corrected chi connectivity index (χ4v) is 4.01. The molecule has 9 heteroatoms. The van der Waals surface area contributed by atoms with E-state index in [1.54, 1.807) is 23.1 Å². The molecule has 8 nitrogen and oxygen atoms in total. The van der Waals surface area contributed by atoms with E-state index in [1.807, 2.05) is 11.0 Å². The summed E-state index contributed by atoms with van der Waals surface area (Å²) < 4.78 is 1.35. The van der Waals surface area contributed by atoms with Crippen LogP contribution in [0.2, 0.25) is 0 Å². The molecular formula is C20H26ClN5O3. The lowest BCUT2D eigenvalue weighted by Gasteiger charge is -2.36. The molecule has 1 aromatic carbocycles. The van der Waals surface area contributed by atoms with Crippen LogP contribution in [0.15, 0.2) is 35.4 Å². The Hall–Kier alpha value is -2.45. The first-order valence-electron chi connectivity index (χ1n) is 9.85. The lowest BCUT2D eigenvalue weighted by atomic mass is 9.96. The Morgan fingerprint density at radius 2 is 1.86 bits per heavy atom. The van der Waals surface area contributed by atoms with Crippen molar-refractivity contribution in [3.05, 3.63) is 40.9 Å². The van der Waals surface area contributed by atoms with E-state index < -0.39 is 0 Å². The van der Waals surface area contributed by atoms with Crippen LogP contribution in [0.1, 0.15) is 12.8 Å². The van der Waals surface area contributed by atoms with Crippen molar-refractivity contribution in [1.29, 1.82) is 0 Å². The summed E-state index contributed by atoms with van der Waals surface area (Å²) in [6.07, 6.45) is 3.04. The van der Waals surface area contributed by atoms with E-state index in [1.165, 1.54) is 10.9 Å². The summed E-state index contributed by atoms with van der Waals surface area (Å²) in [6.45, 7) is 4.09. The van der Waals surface area contributed by atoms with E-state index >= 15 is 0 Å². The summed E-state index contributed by atoms with van der Waals surface area (Å²) in [5.41, 5.74) is 0.403. The van der Waals surface area contributed by atoms with Crippen LogP contribution in [0, 0.1) is 5.92 Å². The summed E-state index contributed by atoms with van der Waals surface area (Å²) in [6, 6.07) is 7.11. The van der Waals surface area contributed by atoms with Gasteiger partial charge in [-0.2, -0.15) is 0 Å². The summed E-state index contributed by atoms with van der Waals surface area (Å²) in [5.74, 6) is -0.150. The first-order valence-corrected chi connectivity index (χ1v) is 9.85. The van der Waals surface area contributed by atoms with E-state index in [-0.39, 0.29) is 42.2 Å². The number of nitrogens with zero attached hydrogens (tertiary/aromatic N) is 4. The van der Waals surface area contributed by atoms with Crippen molar-refractivity contribution in [2.24, 2.45) is 5.92 Å². The second-order valence-corrected chi connectivity index (χ2v) is 7.45. The number of piperazine rings is 1. The molecule has 29 heavy (non-hydrogen) atoms. The Balaban J connectivity index is 0.00000240. The molecule has 2 fully saturated rings. The molecule has 1 aromatic heterocycles. The number of fused-ring (bicyclic) bond motifs is 1. The maximum absolute atomic E-state index is 12.8. The Morgan fingerprint density at radius 1 is 1.10 bits per heavy atom. The molecule has 0 radical (unpaired) electrons. The zero-order valence-corrected chi connectivity index (χ0v) is 17.1. The molecule has 2 aromatic rings. The molecule has 2 saturated heterocycles. The van der Waals surface area contributed by atoms with Crippen LogP contribution in [0.25, 0.3) is 10.9 Å². The summed E-state index contributed by atoms with van der Waals surface area (Å²) in [5, 5.41) is 3.75. The van der Waals surface area contributed by atoms with Gasteiger partial charge in [-0.1, -0.05) is 12.1 Å².